The minimum atomic E-state index is -3.81. The Hall–Kier alpha value is -3.14. The van der Waals surface area contributed by atoms with Crippen molar-refractivity contribution in [1.82, 2.24) is 15.6 Å². The number of sulfonamides is 1. The maximum absolute atomic E-state index is 12.6. The van der Waals surface area contributed by atoms with E-state index in [0.717, 1.165) is 10.5 Å². The average molecular weight is 470 g/mol. The van der Waals surface area contributed by atoms with E-state index in [-0.39, 0.29) is 22.9 Å². The molecule has 3 N–H and O–H groups in total. The molecular formula is C23H23N3O4S2. The van der Waals surface area contributed by atoms with E-state index >= 15 is 0 Å². The maximum atomic E-state index is 12.6. The molecule has 0 spiro atoms. The van der Waals surface area contributed by atoms with Gasteiger partial charge in [0.2, 0.25) is 10.0 Å². The molecule has 9 heteroatoms. The molecule has 3 aromatic carbocycles. The molecule has 0 aliphatic rings. The highest BCUT2D eigenvalue weighted by molar-refractivity contribution is 8.00. The molecule has 0 aromatic heterocycles. The quantitative estimate of drug-likeness (QED) is 0.347. The van der Waals surface area contributed by atoms with Crippen LogP contribution in [0.5, 0.6) is 0 Å². The van der Waals surface area contributed by atoms with Crippen LogP contribution in [0.25, 0.3) is 0 Å². The van der Waals surface area contributed by atoms with Crippen LogP contribution in [0.4, 0.5) is 0 Å². The summed E-state index contributed by atoms with van der Waals surface area (Å²) in [5.74, 6) is -0.990. The molecule has 0 saturated heterocycles. The first kappa shape index (κ1) is 23.5. The molecule has 7 nitrogen and oxygen atoms in total. The van der Waals surface area contributed by atoms with E-state index < -0.39 is 21.2 Å². The lowest BCUT2D eigenvalue weighted by molar-refractivity contribution is -0.121. The highest BCUT2D eigenvalue weighted by Crippen LogP contribution is 2.22. The largest absolute Gasteiger partial charge is 0.272 e. The Morgan fingerprint density at radius 3 is 2.22 bits per heavy atom. The van der Waals surface area contributed by atoms with Crippen molar-refractivity contribution in [1.29, 1.82) is 0 Å². The van der Waals surface area contributed by atoms with E-state index in [0.29, 0.717) is 0 Å². The lowest BCUT2D eigenvalue weighted by Gasteiger charge is -2.13. The Morgan fingerprint density at radius 2 is 1.53 bits per heavy atom. The number of hydrogen-bond acceptors (Lipinski definition) is 5. The van der Waals surface area contributed by atoms with Crippen molar-refractivity contribution in [2.75, 3.05) is 0 Å². The smallest absolute Gasteiger partial charge is 0.269 e. The van der Waals surface area contributed by atoms with E-state index in [4.69, 9.17) is 0 Å². The van der Waals surface area contributed by atoms with Gasteiger partial charge in [-0.1, -0.05) is 54.6 Å². The zero-order valence-corrected chi connectivity index (χ0v) is 18.9. The van der Waals surface area contributed by atoms with Gasteiger partial charge in [0, 0.05) is 17.0 Å². The Balaban J connectivity index is 1.58. The lowest BCUT2D eigenvalue weighted by atomic mass is 10.2. The van der Waals surface area contributed by atoms with Gasteiger partial charge in [-0.3, -0.25) is 20.4 Å². The van der Waals surface area contributed by atoms with Crippen molar-refractivity contribution >= 4 is 33.6 Å². The van der Waals surface area contributed by atoms with Crippen LogP contribution in [0.2, 0.25) is 0 Å². The molecule has 2 amide bonds. The Labute approximate surface area is 191 Å². The highest BCUT2D eigenvalue weighted by atomic mass is 32.2. The first-order chi connectivity index (χ1) is 15.3. The second kappa shape index (κ2) is 10.9. The van der Waals surface area contributed by atoms with Gasteiger partial charge < -0.3 is 0 Å². The molecule has 0 saturated carbocycles. The third kappa shape index (κ3) is 6.68. The van der Waals surface area contributed by atoms with Crippen LogP contribution >= 0.6 is 11.8 Å². The van der Waals surface area contributed by atoms with Crippen molar-refractivity contribution in [3.63, 3.8) is 0 Å². The number of nitrogens with one attached hydrogen (secondary N) is 3. The van der Waals surface area contributed by atoms with Gasteiger partial charge in [0.1, 0.15) is 0 Å². The predicted molar refractivity (Wildman–Crippen MR) is 124 cm³/mol. The zero-order chi connectivity index (χ0) is 23.0. The van der Waals surface area contributed by atoms with Gasteiger partial charge in [0.25, 0.3) is 11.8 Å². The number of rotatable bonds is 8. The molecule has 3 rings (SSSR count). The molecule has 1 unspecified atom stereocenters. The molecule has 0 fully saturated rings. The van der Waals surface area contributed by atoms with Crippen molar-refractivity contribution in [3.05, 3.63) is 96.1 Å². The van der Waals surface area contributed by atoms with Crippen LogP contribution in [0.1, 0.15) is 22.8 Å². The van der Waals surface area contributed by atoms with E-state index in [1.807, 2.05) is 60.7 Å². The van der Waals surface area contributed by atoms with Gasteiger partial charge in [0.05, 0.1) is 10.1 Å². The number of carbonyl (C=O) groups excluding carboxylic acids is 2. The monoisotopic (exact) mass is 469 g/mol. The fourth-order valence-electron chi connectivity index (χ4n) is 2.71. The van der Waals surface area contributed by atoms with Crippen LogP contribution in [0.15, 0.2) is 94.7 Å². The van der Waals surface area contributed by atoms with Crippen molar-refractivity contribution in [2.24, 2.45) is 0 Å². The summed E-state index contributed by atoms with van der Waals surface area (Å²) in [6.07, 6.45) is 0. The fraction of sp³-hybridized carbons (Fsp3) is 0.130. The van der Waals surface area contributed by atoms with Crippen LogP contribution in [-0.4, -0.2) is 25.5 Å². The summed E-state index contributed by atoms with van der Waals surface area (Å²) in [6.45, 7) is 1.86. The van der Waals surface area contributed by atoms with Crippen LogP contribution in [0.3, 0.4) is 0 Å². The third-order valence-electron chi connectivity index (χ3n) is 4.44. The molecule has 0 aliphatic heterocycles. The number of thioether (sulfide) groups is 1. The second-order valence-electron chi connectivity index (χ2n) is 6.85. The minimum Gasteiger partial charge on any atom is -0.272 e. The molecule has 3 aromatic rings. The molecular weight excluding hydrogens is 446 g/mol. The van der Waals surface area contributed by atoms with Gasteiger partial charge >= 0.3 is 0 Å². The van der Waals surface area contributed by atoms with Crippen LogP contribution < -0.4 is 15.6 Å². The van der Waals surface area contributed by atoms with E-state index in [9.17, 15) is 18.0 Å². The molecule has 1 atom stereocenters. The Bertz CT molecular complexity index is 1170. The number of benzene rings is 3. The third-order valence-corrected chi connectivity index (χ3v) is 6.95. The van der Waals surface area contributed by atoms with E-state index in [2.05, 4.69) is 15.6 Å². The van der Waals surface area contributed by atoms with E-state index in [1.165, 1.54) is 36.0 Å². The standard InChI is InChI=1S/C23H23N3O4S2/c1-17(31-20-12-6-3-7-13-20)22(27)25-26-23(28)19-11-8-14-21(15-19)32(29,30)24-16-18-9-4-2-5-10-18/h2-15,17,24H,16H2,1H3,(H,25,27)(H,26,28). The number of carbonyl (C=O) groups is 2. The van der Waals surface area contributed by atoms with Gasteiger partial charge in [0.15, 0.2) is 0 Å². The zero-order valence-electron chi connectivity index (χ0n) is 17.3. The molecule has 0 aliphatic carbocycles. The van der Waals surface area contributed by atoms with Crippen molar-refractivity contribution in [2.45, 2.75) is 28.5 Å². The Morgan fingerprint density at radius 1 is 0.875 bits per heavy atom. The molecule has 166 valence electrons. The number of hydrazine groups is 1. The summed E-state index contributed by atoms with van der Waals surface area (Å²) in [4.78, 5) is 25.6. The first-order valence-corrected chi connectivity index (χ1v) is 12.2. The van der Waals surface area contributed by atoms with Crippen molar-refractivity contribution < 1.29 is 18.0 Å². The van der Waals surface area contributed by atoms with Gasteiger partial charge in [-0.05, 0) is 42.8 Å². The summed E-state index contributed by atoms with van der Waals surface area (Å²) in [6, 6.07) is 24.2. The summed E-state index contributed by atoms with van der Waals surface area (Å²) in [7, 11) is -3.81. The minimum absolute atomic E-state index is 0.0413. The number of amides is 2. The summed E-state index contributed by atoms with van der Waals surface area (Å²) >= 11 is 1.36. The van der Waals surface area contributed by atoms with Crippen LogP contribution in [0, 0.1) is 0 Å². The maximum Gasteiger partial charge on any atom is 0.269 e. The predicted octanol–water partition coefficient (Wildman–Crippen LogP) is 3.11. The fourth-order valence-corrected chi connectivity index (χ4v) is 4.66. The highest BCUT2D eigenvalue weighted by Gasteiger charge is 2.18. The first-order valence-electron chi connectivity index (χ1n) is 9.81. The summed E-state index contributed by atoms with van der Waals surface area (Å²) < 4.78 is 27.7. The average Bonchev–Trinajstić information content (AvgIpc) is 2.82. The van der Waals surface area contributed by atoms with Gasteiger partial charge in [-0.2, -0.15) is 0 Å². The van der Waals surface area contributed by atoms with Crippen LogP contribution in [-0.2, 0) is 21.4 Å². The number of hydrogen-bond donors (Lipinski definition) is 3. The molecule has 32 heavy (non-hydrogen) atoms. The van der Waals surface area contributed by atoms with E-state index in [1.54, 1.807) is 6.92 Å². The lowest BCUT2D eigenvalue weighted by Crippen LogP contribution is -2.44. The normalized spacial score (nSPS) is 12.0. The molecule has 0 heterocycles. The van der Waals surface area contributed by atoms with Gasteiger partial charge in [-0.15, -0.1) is 11.8 Å². The SMILES string of the molecule is CC(Sc1ccccc1)C(=O)NNC(=O)c1cccc(S(=O)(=O)NCc2ccccc2)c1. The topological polar surface area (TPSA) is 104 Å². The summed E-state index contributed by atoms with van der Waals surface area (Å²) in [5, 5.41) is -0.438. The second-order valence-corrected chi connectivity index (χ2v) is 10.0. The molecule has 0 radical (unpaired) electrons. The Kier molecular flexibility index (Phi) is 8.04. The van der Waals surface area contributed by atoms with Gasteiger partial charge in [-0.25, -0.2) is 13.1 Å². The molecule has 0 bridgehead atoms. The summed E-state index contributed by atoms with van der Waals surface area (Å²) in [5.41, 5.74) is 5.64. The van der Waals surface area contributed by atoms with Crippen molar-refractivity contribution in [3.8, 4) is 0 Å².